The van der Waals surface area contributed by atoms with Crippen LogP contribution in [0.5, 0.6) is 0 Å². The first kappa shape index (κ1) is 17.1. The molecule has 0 bridgehead atoms. The van der Waals surface area contributed by atoms with Gasteiger partial charge < -0.3 is 0 Å². The third kappa shape index (κ3) is 4.14. The van der Waals surface area contributed by atoms with Crippen molar-refractivity contribution in [2.45, 2.75) is 50.4 Å². The molecule has 0 N–H and O–H groups in total. The molecule has 0 aromatic heterocycles. The van der Waals surface area contributed by atoms with E-state index in [9.17, 15) is 13.7 Å². The van der Waals surface area contributed by atoms with Crippen LogP contribution in [0, 0.1) is 23.2 Å². The molecular formula is C15H26N2O2S2. The molecule has 6 heteroatoms. The zero-order valence-electron chi connectivity index (χ0n) is 13.0. The van der Waals surface area contributed by atoms with Gasteiger partial charge in [0, 0.05) is 30.3 Å². The van der Waals surface area contributed by atoms with Gasteiger partial charge in [-0.1, -0.05) is 19.8 Å². The van der Waals surface area contributed by atoms with Crippen molar-refractivity contribution in [2.75, 3.05) is 24.3 Å². The van der Waals surface area contributed by atoms with Crippen LogP contribution in [0.1, 0.15) is 39.0 Å². The van der Waals surface area contributed by atoms with Crippen molar-refractivity contribution in [2.24, 2.45) is 11.8 Å². The van der Waals surface area contributed by atoms with Crippen LogP contribution in [0.15, 0.2) is 0 Å². The Labute approximate surface area is 133 Å². The van der Waals surface area contributed by atoms with Crippen molar-refractivity contribution in [3.63, 3.8) is 0 Å². The first-order valence-corrected chi connectivity index (χ1v) is 11.0. The topological polar surface area (TPSA) is 61.2 Å². The summed E-state index contributed by atoms with van der Waals surface area (Å²) >= 11 is 1.71. The Morgan fingerprint density at radius 1 is 1.38 bits per heavy atom. The first-order valence-electron chi connectivity index (χ1n) is 7.89. The molecule has 2 fully saturated rings. The predicted molar refractivity (Wildman–Crippen MR) is 87.8 cm³/mol. The van der Waals surface area contributed by atoms with E-state index in [1.807, 2.05) is 0 Å². The van der Waals surface area contributed by atoms with Gasteiger partial charge in [0.25, 0.3) is 0 Å². The highest BCUT2D eigenvalue weighted by atomic mass is 32.2. The SMILES string of the molecule is CCCC1CCC(C#N)C(N2CCSCC2S(C)(=O)=O)C1. The minimum atomic E-state index is -3.09. The van der Waals surface area contributed by atoms with Crippen molar-refractivity contribution in [3.05, 3.63) is 0 Å². The van der Waals surface area contributed by atoms with Gasteiger partial charge in [-0.05, 0) is 25.2 Å². The van der Waals surface area contributed by atoms with Crippen LogP contribution >= 0.6 is 11.8 Å². The van der Waals surface area contributed by atoms with Gasteiger partial charge in [-0.3, -0.25) is 4.90 Å². The monoisotopic (exact) mass is 330 g/mol. The Bertz CT molecular complexity index is 486. The van der Waals surface area contributed by atoms with Crippen LogP contribution in [0.4, 0.5) is 0 Å². The van der Waals surface area contributed by atoms with Crippen molar-refractivity contribution in [3.8, 4) is 6.07 Å². The van der Waals surface area contributed by atoms with Crippen LogP contribution in [0.3, 0.4) is 0 Å². The average molecular weight is 331 g/mol. The van der Waals surface area contributed by atoms with Gasteiger partial charge >= 0.3 is 0 Å². The molecule has 2 aliphatic rings. The molecule has 1 heterocycles. The number of rotatable bonds is 4. The predicted octanol–water partition coefficient (Wildman–Crippen LogP) is 2.51. The Hall–Kier alpha value is -0.250. The molecule has 1 aliphatic heterocycles. The molecule has 0 radical (unpaired) electrons. The van der Waals surface area contributed by atoms with Gasteiger partial charge in [-0.15, -0.1) is 0 Å². The Morgan fingerprint density at radius 2 is 2.14 bits per heavy atom. The van der Waals surface area contributed by atoms with Crippen molar-refractivity contribution in [1.82, 2.24) is 4.90 Å². The summed E-state index contributed by atoms with van der Waals surface area (Å²) in [5, 5.41) is 9.06. The summed E-state index contributed by atoms with van der Waals surface area (Å²) in [6, 6.07) is 2.57. The highest BCUT2D eigenvalue weighted by molar-refractivity contribution is 8.00. The molecular weight excluding hydrogens is 304 g/mol. The lowest BCUT2D eigenvalue weighted by molar-refractivity contribution is 0.0946. The lowest BCUT2D eigenvalue weighted by Crippen LogP contribution is -2.55. The second-order valence-electron chi connectivity index (χ2n) is 6.37. The van der Waals surface area contributed by atoms with Gasteiger partial charge in [0.15, 0.2) is 9.84 Å². The van der Waals surface area contributed by atoms with E-state index < -0.39 is 15.2 Å². The molecule has 1 aliphatic carbocycles. The van der Waals surface area contributed by atoms with Gasteiger partial charge in [0.2, 0.25) is 0 Å². The van der Waals surface area contributed by atoms with Crippen LogP contribution in [0.25, 0.3) is 0 Å². The maximum atomic E-state index is 12.1. The molecule has 120 valence electrons. The minimum absolute atomic E-state index is 0.00884. The lowest BCUT2D eigenvalue weighted by atomic mass is 9.76. The molecule has 1 saturated heterocycles. The summed E-state index contributed by atoms with van der Waals surface area (Å²) in [4.78, 5) is 2.14. The van der Waals surface area contributed by atoms with Crippen molar-refractivity contribution >= 4 is 21.6 Å². The molecule has 0 aromatic carbocycles. The Morgan fingerprint density at radius 3 is 2.76 bits per heavy atom. The quantitative estimate of drug-likeness (QED) is 0.792. The maximum absolute atomic E-state index is 12.1. The second-order valence-corrected chi connectivity index (χ2v) is 9.72. The standard InChI is InChI=1S/C15H26N2O2S2/c1-3-4-12-5-6-13(10-16)14(9-12)17-7-8-20-11-15(17)21(2,18)19/h12-15H,3-9,11H2,1-2H3. The summed E-state index contributed by atoms with van der Waals surface area (Å²) in [6.07, 6.45) is 6.73. The van der Waals surface area contributed by atoms with E-state index in [0.717, 1.165) is 31.6 Å². The number of nitriles is 1. The molecule has 2 rings (SSSR count). The van der Waals surface area contributed by atoms with Crippen molar-refractivity contribution in [1.29, 1.82) is 5.26 Å². The highest BCUT2D eigenvalue weighted by Crippen LogP contribution is 2.37. The fourth-order valence-electron chi connectivity index (χ4n) is 3.76. The van der Waals surface area contributed by atoms with Crippen LogP contribution in [-0.2, 0) is 9.84 Å². The molecule has 4 atom stereocenters. The molecule has 4 unspecified atom stereocenters. The van der Waals surface area contributed by atoms with Crippen molar-refractivity contribution < 1.29 is 8.42 Å². The molecule has 0 spiro atoms. The first-order chi connectivity index (χ1) is 9.97. The highest BCUT2D eigenvalue weighted by Gasteiger charge is 2.41. The van der Waals surface area contributed by atoms with E-state index in [4.69, 9.17) is 0 Å². The largest absolute Gasteiger partial charge is 0.281 e. The van der Waals surface area contributed by atoms with E-state index in [-0.39, 0.29) is 12.0 Å². The summed E-state index contributed by atoms with van der Waals surface area (Å²) in [5.41, 5.74) is 0. The molecule has 0 aromatic rings. The normalized spacial score (nSPS) is 35.3. The average Bonchev–Trinajstić information content (AvgIpc) is 2.46. The van der Waals surface area contributed by atoms with E-state index in [2.05, 4.69) is 17.9 Å². The third-order valence-corrected chi connectivity index (χ3v) is 7.49. The Balaban J connectivity index is 2.19. The zero-order valence-corrected chi connectivity index (χ0v) is 14.6. The maximum Gasteiger partial charge on any atom is 0.164 e. The second kappa shape index (κ2) is 7.34. The van der Waals surface area contributed by atoms with Crippen LogP contribution in [0.2, 0.25) is 0 Å². The fourth-order valence-corrected chi connectivity index (χ4v) is 6.69. The zero-order chi connectivity index (χ0) is 15.5. The van der Waals surface area contributed by atoms with E-state index in [1.54, 1.807) is 11.8 Å². The lowest BCUT2D eigenvalue weighted by Gasteiger charge is -2.45. The number of sulfone groups is 1. The molecule has 21 heavy (non-hydrogen) atoms. The van der Waals surface area contributed by atoms with E-state index in [0.29, 0.717) is 11.7 Å². The van der Waals surface area contributed by atoms with Gasteiger partial charge in [0.05, 0.1) is 12.0 Å². The smallest absolute Gasteiger partial charge is 0.164 e. The Kier molecular flexibility index (Phi) is 5.98. The molecule has 4 nitrogen and oxygen atoms in total. The van der Waals surface area contributed by atoms with Crippen LogP contribution in [-0.4, -0.2) is 49.0 Å². The number of hydrogen-bond acceptors (Lipinski definition) is 5. The fraction of sp³-hybridized carbons (Fsp3) is 0.933. The van der Waals surface area contributed by atoms with Gasteiger partial charge in [-0.25, -0.2) is 8.42 Å². The summed E-state index contributed by atoms with van der Waals surface area (Å²) in [6.45, 7) is 2.99. The summed E-state index contributed by atoms with van der Waals surface area (Å²) < 4.78 is 24.2. The van der Waals surface area contributed by atoms with Gasteiger partial charge in [-0.2, -0.15) is 17.0 Å². The summed E-state index contributed by atoms with van der Waals surface area (Å²) in [7, 11) is -3.09. The van der Waals surface area contributed by atoms with Gasteiger partial charge in [0.1, 0.15) is 5.37 Å². The number of thioether (sulfide) groups is 1. The van der Waals surface area contributed by atoms with E-state index >= 15 is 0 Å². The van der Waals surface area contributed by atoms with E-state index in [1.165, 1.54) is 19.1 Å². The number of hydrogen-bond donors (Lipinski definition) is 0. The molecule has 1 saturated carbocycles. The summed E-state index contributed by atoms with van der Waals surface area (Å²) in [5.74, 6) is 2.26. The van der Waals surface area contributed by atoms with Crippen LogP contribution < -0.4 is 0 Å². The third-order valence-electron chi connectivity index (χ3n) is 4.83. The molecule has 0 amide bonds. The number of nitrogens with zero attached hydrogens (tertiary/aromatic N) is 2. The minimum Gasteiger partial charge on any atom is -0.281 e.